The number of hydrogen-bond acceptors (Lipinski definition) is 4. The van der Waals surface area contributed by atoms with E-state index in [1.54, 1.807) is 13.8 Å². The molecule has 0 aromatic heterocycles. The summed E-state index contributed by atoms with van der Waals surface area (Å²) in [6, 6.07) is 3.55. The predicted octanol–water partition coefficient (Wildman–Crippen LogP) is 2.00. The third kappa shape index (κ3) is 2.79. The lowest BCUT2D eigenvalue weighted by Gasteiger charge is -2.21. The highest BCUT2D eigenvalue weighted by Crippen LogP contribution is 2.31. The fraction of sp³-hybridized carbons (Fsp3) is 0.429. The summed E-state index contributed by atoms with van der Waals surface area (Å²) in [5.41, 5.74) is -0.744. The third-order valence-electron chi connectivity index (χ3n) is 3.13. The number of benzene rings is 1. The molecule has 0 aliphatic carbocycles. The molecule has 1 aromatic rings. The minimum Gasteiger partial charge on any atom is -0.462 e. The van der Waals surface area contributed by atoms with Gasteiger partial charge in [0.05, 0.1) is 6.42 Å². The molecule has 0 spiro atoms. The van der Waals surface area contributed by atoms with Gasteiger partial charge in [-0.15, -0.1) is 0 Å². The average molecular weight is 284 g/mol. The molecule has 1 heterocycles. The van der Waals surface area contributed by atoms with Crippen LogP contribution < -0.4 is 0 Å². The minimum atomic E-state index is -1.09. The third-order valence-corrected chi connectivity index (χ3v) is 3.13. The van der Waals surface area contributed by atoms with E-state index in [0.29, 0.717) is 0 Å². The average Bonchev–Trinajstić information content (AvgIpc) is 2.62. The van der Waals surface area contributed by atoms with E-state index in [1.807, 2.05) is 0 Å². The van der Waals surface area contributed by atoms with Crippen LogP contribution in [0, 0.1) is 17.0 Å². The Morgan fingerprint density at radius 3 is 2.75 bits per heavy atom. The van der Waals surface area contributed by atoms with E-state index in [-0.39, 0.29) is 12.2 Å². The van der Waals surface area contributed by atoms with Gasteiger partial charge in [-0.3, -0.25) is 4.79 Å². The lowest BCUT2D eigenvalue weighted by atomic mass is 9.90. The number of carbonyl (C=O) groups is 2. The van der Waals surface area contributed by atoms with Crippen molar-refractivity contribution in [2.75, 3.05) is 6.61 Å². The van der Waals surface area contributed by atoms with Crippen molar-refractivity contribution in [2.45, 2.75) is 26.4 Å². The van der Waals surface area contributed by atoms with Gasteiger partial charge in [-0.1, -0.05) is 26.0 Å². The molecule has 0 bridgehead atoms. The number of halogens is 2. The predicted molar refractivity (Wildman–Crippen MR) is 64.7 cm³/mol. The van der Waals surface area contributed by atoms with Crippen LogP contribution in [-0.4, -0.2) is 24.6 Å². The first-order chi connectivity index (χ1) is 9.31. The van der Waals surface area contributed by atoms with Crippen LogP contribution in [0.25, 0.3) is 0 Å². The Balaban J connectivity index is 2.06. The first kappa shape index (κ1) is 14.4. The van der Waals surface area contributed by atoms with Gasteiger partial charge in [-0.2, -0.15) is 0 Å². The van der Waals surface area contributed by atoms with Crippen LogP contribution in [0.1, 0.15) is 19.4 Å². The van der Waals surface area contributed by atoms with Gasteiger partial charge in [0, 0.05) is 11.0 Å². The number of ether oxygens (including phenoxy) is 2. The summed E-state index contributed by atoms with van der Waals surface area (Å²) in [4.78, 5) is 23.2. The Morgan fingerprint density at radius 1 is 1.45 bits per heavy atom. The SMILES string of the molecule is CC1(C)COC(=O)[C@@H]1OC(=O)Cc1cccc(F)c1F. The molecule has 2 rings (SSSR count). The normalized spacial score (nSPS) is 20.6. The van der Waals surface area contributed by atoms with Crippen molar-refractivity contribution in [1.29, 1.82) is 0 Å². The quantitative estimate of drug-likeness (QED) is 0.797. The van der Waals surface area contributed by atoms with Crippen molar-refractivity contribution in [3.8, 4) is 0 Å². The van der Waals surface area contributed by atoms with Crippen LogP contribution in [0.15, 0.2) is 18.2 Å². The summed E-state index contributed by atoms with van der Waals surface area (Å²) in [6.07, 6.45) is -1.46. The molecule has 4 nitrogen and oxygen atoms in total. The maximum absolute atomic E-state index is 13.4. The van der Waals surface area contributed by atoms with E-state index in [0.717, 1.165) is 6.07 Å². The lowest BCUT2D eigenvalue weighted by molar-refractivity contribution is -0.162. The Hall–Kier alpha value is -1.98. The summed E-state index contributed by atoms with van der Waals surface area (Å²) in [5, 5.41) is 0. The number of esters is 2. The molecule has 1 saturated heterocycles. The topological polar surface area (TPSA) is 52.6 Å². The Labute approximate surface area is 114 Å². The van der Waals surface area contributed by atoms with E-state index in [2.05, 4.69) is 0 Å². The van der Waals surface area contributed by atoms with Gasteiger partial charge in [0.1, 0.15) is 6.61 Å². The van der Waals surface area contributed by atoms with Crippen molar-refractivity contribution in [3.63, 3.8) is 0 Å². The van der Waals surface area contributed by atoms with Crippen LogP contribution in [0.5, 0.6) is 0 Å². The molecule has 0 unspecified atom stereocenters. The van der Waals surface area contributed by atoms with Crippen molar-refractivity contribution >= 4 is 11.9 Å². The molecular weight excluding hydrogens is 270 g/mol. The molecule has 0 radical (unpaired) electrons. The maximum atomic E-state index is 13.4. The van der Waals surface area contributed by atoms with Gasteiger partial charge in [0.2, 0.25) is 6.10 Å². The minimum absolute atomic E-state index is 0.112. The second kappa shape index (κ2) is 5.19. The van der Waals surface area contributed by atoms with Gasteiger partial charge >= 0.3 is 11.9 Å². The summed E-state index contributed by atoms with van der Waals surface area (Å²) < 4.78 is 36.3. The van der Waals surface area contributed by atoms with E-state index < -0.39 is 41.5 Å². The molecule has 1 fully saturated rings. The van der Waals surface area contributed by atoms with Gasteiger partial charge in [-0.25, -0.2) is 13.6 Å². The summed E-state index contributed by atoms with van der Waals surface area (Å²) in [6.45, 7) is 3.59. The smallest absolute Gasteiger partial charge is 0.348 e. The molecule has 0 N–H and O–H groups in total. The van der Waals surface area contributed by atoms with E-state index in [9.17, 15) is 18.4 Å². The Bertz CT molecular complexity index is 554. The lowest BCUT2D eigenvalue weighted by Crippen LogP contribution is -2.35. The van der Waals surface area contributed by atoms with Gasteiger partial charge in [0.25, 0.3) is 0 Å². The van der Waals surface area contributed by atoms with E-state index >= 15 is 0 Å². The molecule has 1 atom stereocenters. The summed E-state index contributed by atoms with van der Waals surface area (Å²) >= 11 is 0. The monoisotopic (exact) mass is 284 g/mol. The fourth-order valence-electron chi connectivity index (χ4n) is 1.95. The highest BCUT2D eigenvalue weighted by atomic mass is 19.2. The molecule has 108 valence electrons. The first-order valence-corrected chi connectivity index (χ1v) is 6.10. The van der Waals surface area contributed by atoms with Crippen LogP contribution >= 0.6 is 0 Å². The highest BCUT2D eigenvalue weighted by Gasteiger charge is 2.46. The maximum Gasteiger partial charge on any atom is 0.348 e. The van der Waals surface area contributed by atoms with Crippen LogP contribution in [0.3, 0.4) is 0 Å². The second-order valence-corrected chi connectivity index (χ2v) is 5.36. The molecule has 1 aromatic carbocycles. The van der Waals surface area contributed by atoms with Crippen LogP contribution in [-0.2, 0) is 25.5 Å². The Kier molecular flexibility index (Phi) is 3.74. The van der Waals surface area contributed by atoms with Crippen molar-refractivity contribution in [1.82, 2.24) is 0 Å². The largest absolute Gasteiger partial charge is 0.462 e. The molecule has 0 saturated carbocycles. The van der Waals surface area contributed by atoms with Gasteiger partial charge in [0.15, 0.2) is 11.6 Å². The molecule has 0 amide bonds. The second-order valence-electron chi connectivity index (χ2n) is 5.36. The molecule has 1 aliphatic rings. The zero-order valence-corrected chi connectivity index (χ0v) is 11.1. The zero-order chi connectivity index (χ0) is 14.9. The van der Waals surface area contributed by atoms with Gasteiger partial charge in [-0.05, 0) is 6.07 Å². The van der Waals surface area contributed by atoms with Gasteiger partial charge < -0.3 is 9.47 Å². The number of hydrogen-bond donors (Lipinski definition) is 0. The summed E-state index contributed by atoms with van der Waals surface area (Å²) in [5.74, 6) is -3.54. The first-order valence-electron chi connectivity index (χ1n) is 6.10. The fourth-order valence-corrected chi connectivity index (χ4v) is 1.95. The van der Waals surface area contributed by atoms with Crippen molar-refractivity contribution < 1.29 is 27.8 Å². The number of carbonyl (C=O) groups excluding carboxylic acids is 2. The van der Waals surface area contributed by atoms with Crippen molar-refractivity contribution in [3.05, 3.63) is 35.4 Å². The van der Waals surface area contributed by atoms with Crippen LogP contribution in [0.2, 0.25) is 0 Å². The zero-order valence-electron chi connectivity index (χ0n) is 11.1. The van der Waals surface area contributed by atoms with Crippen molar-refractivity contribution in [2.24, 2.45) is 5.41 Å². The Morgan fingerprint density at radius 2 is 2.15 bits per heavy atom. The summed E-state index contributed by atoms with van der Waals surface area (Å²) in [7, 11) is 0. The van der Waals surface area contributed by atoms with Crippen LogP contribution in [0.4, 0.5) is 8.78 Å². The standard InChI is InChI=1S/C14H14F2O4/c1-14(2)7-19-13(18)12(14)20-10(17)6-8-4-3-5-9(15)11(8)16/h3-5,12H,6-7H2,1-2H3/t12-/m0/s1. The number of cyclic esters (lactones) is 1. The molecule has 20 heavy (non-hydrogen) atoms. The van der Waals surface area contributed by atoms with E-state index in [4.69, 9.17) is 9.47 Å². The molecule has 6 heteroatoms. The van der Waals surface area contributed by atoms with E-state index in [1.165, 1.54) is 12.1 Å². The molecule has 1 aliphatic heterocycles. The number of rotatable bonds is 3. The highest BCUT2D eigenvalue weighted by molar-refractivity contribution is 5.82. The molecular formula is C14H14F2O4.